The molecule has 1 atom stereocenters. The Morgan fingerprint density at radius 2 is 2.20 bits per heavy atom. The number of hydrogen-bond acceptors (Lipinski definition) is 4. The van der Waals surface area contributed by atoms with Gasteiger partial charge in [0, 0.05) is 23.3 Å². The average molecular weight is 248 g/mol. The molecule has 15 heavy (non-hydrogen) atoms. The summed E-state index contributed by atoms with van der Waals surface area (Å²) in [5.41, 5.74) is -0.0880. The fourth-order valence-electron chi connectivity index (χ4n) is 0.995. The van der Waals surface area contributed by atoms with E-state index in [-0.39, 0.29) is 5.54 Å². The fourth-order valence-corrected chi connectivity index (χ4v) is 2.11. The summed E-state index contributed by atoms with van der Waals surface area (Å²) in [6, 6.07) is 0. The van der Waals surface area contributed by atoms with Crippen molar-refractivity contribution < 1.29 is 0 Å². The first-order valence-corrected chi connectivity index (χ1v) is 6.49. The van der Waals surface area contributed by atoms with Crippen LogP contribution in [0.5, 0.6) is 0 Å². The van der Waals surface area contributed by atoms with Crippen molar-refractivity contribution in [1.82, 2.24) is 9.36 Å². The summed E-state index contributed by atoms with van der Waals surface area (Å²) in [6.07, 6.45) is 0.965. The van der Waals surface area contributed by atoms with Gasteiger partial charge in [-0.3, -0.25) is 0 Å². The molecular formula is C10H18ClN3S. The number of aromatic nitrogens is 2. The van der Waals surface area contributed by atoms with Gasteiger partial charge in [0.05, 0.1) is 5.54 Å². The van der Waals surface area contributed by atoms with Crippen molar-refractivity contribution in [2.24, 2.45) is 0 Å². The highest BCUT2D eigenvalue weighted by molar-refractivity contribution is 7.09. The summed E-state index contributed by atoms with van der Waals surface area (Å²) < 4.78 is 4.29. The third-order valence-corrected chi connectivity index (χ3v) is 3.68. The van der Waals surface area contributed by atoms with Gasteiger partial charge in [-0.1, -0.05) is 20.8 Å². The van der Waals surface area contributed by atoms with E-state index in [1.165, 1.54) is 11.5 Å². The molecule has 1 unspecified atom stereocenters. The van der Waals surface area contributed by atoms with Crippen molar-refractivity contribution in [1.29, 1.82) is 0 Å². The van der Waals surface area contributed by atoms with Crippen LogP contribution >= 0.6 is 23.1 Å². The lowest BCUT2D eigenvalue weighted by molar-refractivity contribution is 0.553. The highest BCUT2D eigenvalue weighted by atomic mass is 35.5. The van der Waals surface area contributed by atoms with Crippen LogP contribution in [0.1, 0.15) is 45.9 Å². The normalized spacial score (nSPS) is 15.3. The topological polar surface area (TPSA) is 37.8 Å². The Morgan fingerprint density at radius 3 is 2.60 bits per heavy atom. The van der Waals surface area contributed by atoms with Crippen molar-refractivity contribution in [3.8, 4) is 0 Å². The van der Waals surface area contributed by atoms with Crippen molar-refractivity contribution in [2.45, 2.75) is 45.6 Å². The van der Waals surface area contributed by atoms with Crippen LogP contribution in [0.3, 0.4) is 0 Å². The van der Waals surface area contributed by atoms with E-state index < -0.39 is 0 Å². The molecule has 1 N–H and O–H groups in total. The van der Waals surface area contributed by atoms with Gasteiger partial charge in [0.15, 0.2) is 0 Å². The summed E-state index contributed by atoms with van der Waals surface area (Å²) in [5.74, 6) is 1.84. The number of nitrogens with zero attached hydrogens (tertiary/aromatic N) is 2. The van der Waals surface area contributed by atoms with Gasteiger partial charge in [-0.05, 0) is 13.3 Å². The molecule has 0 spiro atoms. The maximum absolute atomic E-state index is 5.92. The largest absolute Gasteiger partial charge is 0.354 e. The molecule has 1 aromatic rings. The predicted octanol–water partition coefficient (Wildman–Crippen LogP) is 3.48. The van der Waals surface area contributed by atoms with Crippen molar-refractivity contribution >= 4 is 28.3 Å². The molecule has 1 rings (SSSR count). The van der Waals surface area contributed by atoms with E-state index in [1.54, 1.807) is 0 Å². The zero-order valence-corrected chi connectivity index (χ0v) is 11.2. The van der Waals surface area contributed by atoms with E-state index in [0.29, 0.717) is 11.8 Å². The van der Waals surface area contributed by atoms with Crippen LogP contribution in [0.2, 0.25) is 0 Å². The minimum Gasteiger partial charge on any atom is -0.354 e. The highest BCUT2D eigenvalue weighted by Gasteiger charge is 2.22. The van der Waals surface area contributed by atoms with Crippen LogP contribution in [-0.2, 0) is 0 Å². The summed E-state index contributed by atoms with van der Waals surface area (Å²) >= 11 is 7.33. The molecule has 0 amide bonds. The molecule has 0 aliphatic carbocycles. The molecule has 5 heteroatoms. The lowest BCUT2D eigenvalue weighted by Gasteiger charge is -2.26. The van der Waals surface area contributed by atoms with Gasteiger partial charge in [-0.15, -0.1) is 11.6 Å². The van der Waals surface area contributed by atoms with E-state index in [1.807, 2.05) is 0 Å². The molecule has 1 aromatic heterocycles. The molecule has 0 aliphatic heterocycles. The second-order valence-corrected chi connectivity index (χ2v) is 5.30. The Labute approximate surface area is 100 Å². The lowest BCUT2D eigenvalue weighted by atomic mass is 10.0. The number of alkyl halides is 1. The molecule has 0 aliphatic rings. The van der Waals surface area contributed by atoms with Gasteiger partial charge in [-0.2, -0.15) is 4.37 Å². The summed E-state index contributed by atoms with van der Waals surface area (Å²) in [7, 11) is 0. The van der Waals surface area contributed by atoms with E-state index in [0.717, 1.165) is 17.4 Å². The molecule has 0 aromatic carbocycles. The fraction of sp³-hybridized carbons (Fsp3) is 0.800. The van der Waals surface area contributed by atoms with Crippen LogP contribution in [0.15, 0.2) is 0 Å². The zero-order valence-electron chi connectivity index (χ0n) is 9.67. The Hall–Kier alpha value is -0.350. The van der Waals surface area contributed by atoms with Crippen LogP contribution in [0.4, 0.5) is 5.13 Å². The summed E-state index contributed by atoms with van der Waals surface area (Å²) in [4.78, 5) is 4.43. The second-order valence-electron chi connectivity index (χ2n) is 4.29. The first kappa shape index (κ1) is 12.7. The maximum atomic E-state index is 5.92. The molecule has 3 nitrogen and oxygen atoms in total. The van der Waals surface area contributed by atoms with E-state index in [2.05, 4.69) is 42.4 Å². The molecule has 0 radical (unpaired) electrons. The lowest BCUT2D eigenvalue weighted by Crippen LogP contribution is -2.35. The molecule has 0 saturated carbocycles. The van der Waals surface area contributed by atoms with E-state index in [4.69, 9.17) is 11.6 Å². The number of halogens is 1. The first-order chi connectivity index (χ1) is 7.00. The first-order valence-electron chi connectivity index (χ1n) is 5.18. The minimum atomic E-state index is -0.0880. The molecular weight excluding hydrogens is 230 g/mol. The van der Waals surface area contributed by atoms with Gasteiger partial charge < -0.3 is 5.32 Å². The summed E-state index contributed by atoms with van der Waals surface area (Å²) in [6.45, 7) is 8.38. The van der Waals surface area contributed by atoms with E-state index >= 15 is 0 Å². The number of rotatable bonds is 5. The smallest absolute Gasteiger partial charge is 0.203 e. The van der Waals surface area contributed by atoms with Crippen LogP contribution < -0.4 is 5.32 Å². The standard InChI is InChI=1S/C10H18ClN3S/c1-5-10(4,6-11)13-9-12-8(7(2)3)14-15-9/h7H,5-6H2,1-4H3,(H,12,13,14). The Balaban J connectivity index is 2.72. The van der Waals surface area contributed by atoms with Crippen molar-refractivity contribution in [3.05, 3.63) is 5.82 Å². The molecule has 1 heterocycles. The highest BCUT2D eigenvalue weighted by Crippen LogP contribution is 2.23. The van der Waals surface area contributed by atoms with Gasteiger partial charge >= 0.3 is 0 Å². The summed E-state index contributed by atoms with van der Waals surface area (Å²) in [5, 5.41) is 4.21. The number of hydrogen-bond donors (Lipinski definition) is 1. The minimum absolute atomic E-state index is 0.0880. The van der Waals surface area contributed by atoms with Crippen LogP contribution in [0, 0.1) is 0 Å². The number of anilines is 1. The maximum Gasteiger partial charge on any atom is 0.203 e. The predicted molar refractivity (Wildman–Crippen MR) is 67.0 cm³/mol. The van der Waals surface area contributed by atoms with Gasteiger partial charge in [-0.25, -0.2) is 4.98 Å². The van der Waals surface area contributed by atoms with Gasteiger partial charge in [0.25, 0.3) is 0 Å². The van der Waals surface area contributed by atoms with Crippen LogP contribution in [-0.4, -0.2) is 20.8 Å². The van der Waals surface area contributed by atoms with Gasteiger partial charge in [0.1, 0.15) is 5.82 Å². The SMILES string of the molecule is CCC(C)(CCl)Nc1nc(C(C)C)ns1. The molecule has 86 valence electrons. The van der Waals surface area contributed by atoms with E-state index in [9.17, 15) is 0 Å². The number of nitrogens with one attached hydrogen (secondary N) is 1. The second kappa shape index (κ2) is 5.12. The monoisotopic (exact) mass is 247 g/mol. The third-order valence-electron chi connectivity index (χ3n) is 2.44. The van der Waals surface area contributed by atoms with Crippen LogP contribution in [0.25, 0.3) is 0 Å². The van der Waals surface area contributed by atoms with Crippen molar-refractivity contribution in [2.75, 3.05) is 11.2 Å². The Kier molecular flexibility index (Phi) is 4.34. The van der Waals surface area contributed by atoms with Gasteiger partial charge in [0.2, 0.25) is 5.13 Å². The van der Waals surface area contributed by atoms with Crippen molar-refractivity contribution in [3.63, 3.8) is 0 Å². The third kappa shape index (κ3) is 3.31. The Bertz CT molecular complexity index is 307. The molecule has 0 fully saturated rings. The average Bonchev–Trinajstić information content (AvgIpc) is 2.66. The quantitative estimate of drug-likeness (QED) is 0.810. The molecule has 0 saturated heterocycles. The Morgan fingerprint density at radius 1 is 1.53 bits per heavy atom. The zero-order chi connectivity index (χ0) is 11.5. The molecule has 0 bridgehead atoms.